The van der Waals surface area contributed by atoms with E-state index in [1.807, 2.05) is 0 Å². The van der Waals surface area contributed by atoms with Crippen molar-refractivity contribution in [1.29, 1.82) is 0 Å². The van der Waals surface area contributed by atoms with Crippen molar-refractivity contribution >= 4 is 37.5 Å². The monoisotopic (exact) mass is 595 g/mol. The topological polar surface area (TPSA) is 60.9 Å². The SMILES string of the molecule is O=C(CN(Cc1ccc(Br)cc1)S(=O)(=O)c1ccccc1)N1CCN(c2cccc(C(F)(F)F)c2)CC1. The first kappa shape index (κ1) is 27.2. The van der Waals surface area contributed by atoms with Crippen LogP contribution < -0.4 is 4.90 Å². The third kappa shape index (κ3) is 6.71. The maximum absolute atomic E-state index is 13.4. The number of halogens is 4. The second kappa shape index (κ2) is 11.2. The lowest BCUT2D eigenvalue weighted by atomic mass is 10.1. The van der Waals surface area contributed by atoms with Crippen molar-refractivity contribution in [3.8, 4) is 0 Å². The zero-order valence-corrected chi connectivity index (χ0v) is 22.1. The van der Waals surface area contributed by atoms with Crippen LogP contribution in [0.5, 0.6) is 0 Å². The molecule has 1 aliphatic heterocycles. The number of sulfonamides is 1. The van der Waals surface area contributed by atoms with Crippen LogP contribution >= 0.6 is 15.9 Å². The first-order valence-electron chi connectivity index (χ1n) is 11.5. The van der Waals surface area contributed by atoms with Gasteiger partial charge in [-0.25, -0.2) is 8.42 Å². The van der Waals surface area contributed by atoms with E-state index in [0.717, 1.165) is 26.5 Å². The minimum absolute atomic E-state index is 0.0143. The van der Waals surface area contributed by atoms with Gasteiger partial charge in [-0.15, -0.1) is 0 Å². The molecule has 0 aliphatic carbocycles. The van der Waals surface area contributed by atoms with E-state index in [2.05, 4.69) is 15.9 Å². The predicted octanol–water partition coefficient (Wildman–Crippen LogP) is 5.01. The Balaban J connectivity index is 1.47. The highest BCUT2D eigenvalue weighted by Crippen LogP contribution is 2.32. The number of alkyl halides is 3. The van der Waals surface area contributed by atoms with Gasteiger partial charge >= 0.3 is 6.18 Å². The van der Waals surface area contributed by atoms with Gasteiger partial charge in [0.05, 0.1) is 17.0 Å². The second-order valence-electron chi connectivity index (χ2n) is 8.63. The molecule has 11 heteroatoms. The highest BCUT2D eigenvalue weighted by Gasteiger charge is 2.32. The number of piperazine rings is 1. The second-order valence-corrected chi connectivity index (χ2v) is 11.5. The van der Waals surface area contributed by atoms with Gasteiger partial charge in [0.25, 0.3) is 0 Å². The van der Waals surface area contributed by atoms with Crippen molar-refractivity contribution < 1.29 is 26.4 Å². The van der Waals surface area contributed by atoms with E-state index >= 15 is 0 Å². The molecule has 1 heterocycles. The number of carbonyl (C=O) groups is 1. The van der Waals surface area contributed by atoms with Gasteiger partial charge in [0.15, 0.2) is 0 Å². The summed E-state index contributed by atoms with van der Waals surface area (Å²) in [4.78, 5) is 16.6. The van der Waals surface area contributed by atoms with Gasteiger partial charge in [-0.3, -0.25) is 4.79 Å². The number of rotatable bonds is 7. The van der Waals surface area contributed by atoms with Crippen LogP contribution in [0.4, 0.5) is 18.9 Å². The molecule has 1 fully saturated rings. The van der Waals surface area contributed by atoms with Gasteiger partial charge in [0.2, 0.25) is 15.9 Å². The van der Waals surface area contributed by atoms with E-state index in [4.69, 9.17) is 0 Å². The summed E-state index contributed by atoms with van der Waals surface area (Å²) < 4.78 is 68.1. The molecule has 1 aliphatic rings. The molecule has 3 aromatic carbocycles. The molecule has 1 amide bonds. The fourth-order valence-electron chi connectivity index (χ4n) is 4.10. The van der Waals surface area contributed by atoms with Crippen LogP contribution in [0.2, 0.25) is 0 Å². The molecule has 0 spiro atoms. The summed E-state index contributed by atoms with van der Waals surface area (Å²) in [6, 6.07) is 20.2. The van der Waals surface area contributed by atoms with E-state index < -0.39 is 21.8 Å². The molecule has 6 nitrogen and oxygen atoms in total. The average Bonchev–Trinajstić information content (AvgIpc) is 2.89. The molecule has 0 bridgehead atoms. The summed E-state index contributed by atoms with van der Waals surface area (Å²) in [5, 5.41) is 0. The molecule has 0 unspecified atom stereocenters. The van der Waals surface area contributed by atoms with Gasteiger partial charge in [-0.05, 0) is 48.0 Å². The van der Waals surface area contributed by atoms with Crippen LogP contribution in [0.25, 0.3) is 0 Å². The molecule has 0 N–H and O–H groups in total. The van der Waals surface area contributed by atoms with Crippen LogP contribution in [0.15, 0.2) is 88.2 Å². The molecular weight excluding hydrogens is 571 g/mol. The number of anilines is 1. The minimum atomic E-state index is -4.43. The maximum Gasteiger partial charge on any atom is 0.416 e. The number of nitrogens with zero attached hydrogens (tertiary/aromatic N) is 3. The lowest BCUT2D eigenvalue weighted by Crippen LogP contribution is -2.51. The number of benzene rings is 3. The van der Waals surface area contributed by atoms with Gasteiger partial charge in [0.1, 0.15) is 0 Å². The molecule has 4 rings (SSSR count). The molecule has 37 heavy (non-hydrogen) atoms. The Morgan fingerprint density at radius 1 is 0.892 bits per heavy atom. The average molecular weight is 596 g/mol. The fourth-order valence-corrected chi connectivity index (χ4v) is 5.77. The van der Waals surface area contributed by atoms with Crippen molar-refractivity contribution in [3.05, 3.63) is 94.5 Å². The third-order valence-electron chi connectivity index (χ3n) is 6.14. The van der Waals surface area contributed by atoms with Crippen LogP contribution in [-0.2, 0) is 27.5 Å². The number of carbonyl (C=O) groups excluding carboxylic acids is 1. The Bertz CT molecular complexity index is 1330. The Kier molecular flexibility index (Phi) is 8.25. The van der Waals surface area contributed by atoms with Crippen molar-refractivity contribution in [2.45, 2.75) is 17.6 Å². The highest BCUT2D eigenvalue weighted by molar-refractivity contribution is 9.10. The fraction of sp³-hybridized carbons (Fsp3) is 0.269. The first-order chi connectivity index (χ1) is 17.5. The Morgan fingerprint density at radius 2 is 1.54 bits per heavy atom. The van der Waals surface area contributed by atoms with E-state index in [0.29, 0.717) is 18.8 Å². The van der Waals surface area contributed by atoms with Crippen LogP contribution in [-0.4, -0.2) is 56.3 Å². The zero-order chi connectivity index (χ0) is 26.6. The molecule has 196 valence electrons. The summed E-state index contributed by atoms with van der Waals surface area (Å²) in [5.74, 6) is -0.361. The minimum Gasteiger partial charge on any atom is -0.368 e. The Morgan fingerprint density at radius 3 is 2.16 bits per heavy atom. The Hall–Kier alpha value is -2.89. The first-order valence-corrected chi connectivity index (χ1v) is 13.8. The van der Waals surface area contributed by atoms with Gasteiger partial charge in [-0.2, -0.15) is 17.5 Å². The van der Waals surface area contributed by atoms with Crippen LogP contribution in [0.1, 0.15) is 11.1 Å². The van der Waals surface area contributed by atoms with E-state index in [1.165, 1.54) is 18.2 Å². The lowest BCUT2D eigenvalue weighted by Gasteiger charge is -2.37. The molecule has 0 atom stereocenters. The molecule has 1 saturated heterocycles. The van der Waals surface area contributed by atoms with Gasteiger partial charge in [0, 0.05) is 42.9 Å². The summed E-state index contributed by atoms with van der Waals surface area (Å²) in [6.45, 7) is 0.882. The van der Waals surface area contributed by atoms with E-state index in [-0.39, 0.29) is 37.0 Å². The maximum atomic E-state index is 13.4. The molecule has 0 aromatic heterocycles. The lowest BCUT2D eigenvalue weighted by molar-refractivity contribution is -0.137. The molecule has 0 saturated carbocycles. The van der Waals surface area contributed by atoms with E-state index in [9.17, 15) is 26.4 Å². The van der Waals surface area contributed by atoms with Crippen LogP contribution in [0, 0.1) is 0 Å². The summed E-state index contributed by atoms with van der Waals surface area (Å²) in [5.41, 5.74) is 0.438. The zero-order valence-electron chi connectivity index (χ0n) is 19.7. The van der Waals surface area contributed by atoms with Crippen molar-refractivity contribution in [1.82, 2.24) is 9.21 Å². The van der Waals surface area contributed by atoms with Crippen LogP contribution in [0.3, 0.4) is 0 Å². The van der Waals surface area contributed by atoms with Crippen molar-refractivity contribution in [2.24, 2.45) is 0 Å². The third-order valence-corrected chi connectivity index (χ3v) is 8.47. The molecule has 3 aromatic rings. The van der Waals surface area contributed by atoms with Gasteiger partial charge in [-0.1, -0.05) is 52.3 Å². The largest absolute Gasteiger partial charge is 0.416 e. The molecule has 0 radical (unpaired) electrons. The number of hydrogen-bond donors (Lipinski definition) is 0. The van der Waals surface area contributed by atoms with Crippen molar-refractivity contribution in [2.75, 3.05) is 37.6 Å². The molecular formula is C26H25BrF3N3O3S. The smallest absolute Gasteiger partial charge is 0.368 e. The summed E-state index contributed by atoms with van der Waals surface area (Å²) >= 11 is 3.36. The quantitative estimate of drug-likeness (QED) is 0.385. The number of hydrogen-bond acceptors (Lipinski definition) is 4. The summed E-state index contributed by atoms with van der Waals surface area (Å²) in [6.07, 6.45) is -4.43. The standard InChI is InChI=1S/C26H25BrF3N3O3S/c27-22-11-9-20(10-12-22)18-33(37(35,36)24-7-2-1-3-8-24)19-25(34)32-15-13-31(14-16-32)23-6-4-5-21(17-23)26(28,29)30/h1-12,17H,13-16,18-19H2. The number of amides is 1. The normalized spacial score (nSPS) is 14.7. The van der Waals surface area contributed by atoms with E-state index in [1.54, 1.807) is 58.3 Å². The van der Waals surface area contributed by atoms with Gasteiger partial charge < -0.3 is 9.80 Å². The van der Waals surface area contributed by atoms with Crippen molar-refractivity contribution in [3.63, 3.8) is 0 Å². The highest BCUT2D eigenvalue weighted by atomic mass is 79.9. The Labute approximate surface area is 222 Å². The summed E-state index contributed by atoms with van der Waals surface area (Å²) in [7, 11) is -3.96. The predicted molar refractivity (Wildman–Crippen MR) is 138 cm³/mol.